The first-order valence-corrected chi connectivity index (χ1v) is 6.05. The molecule has 5 nitrogen and oxygen atoms in total. The number of aliphatic hydroxyl groups excluding tert-OH is 1. The van der Waals surface area contributed by atoms with E-state index in [1.807, 2.05) is 0 Å². The maximum absolute atomic E-state index is 13.6. The van der Waals surface area contributed by atoms with E-state index in [4.69, 9.17) is 5.11 Å². The first-order chi connectivity index (χ1) is 9.04. The van der Waals surface area contributed by atoms with E-state index >= 15 is 0 Å². The topological polar surface area (TPSA) is 66.6 Å². The predicted molar refractivity (Wildman–Crippen MR) is 65.1 cm³/mol. The molecule has 2 rings (SSSR count). The van der Waals surface area contributed by atoms with Crippen LogP contribution >= 0.6 is 0 Å². The van der Waals surface area contributed by atoms with Crippen molar-refractivity contribution in [1.82, 2.24) is 0 Å². The Hall–Kier alpha value is -1.76. The summed E-state index contributed by atoms with van der Waals surface area (Å²) in [6, 6.07) is 1.45. The molecule has 0 atom stereocenters. The van der Waals surface area contributed by atoms with Gasteiger partial charge in [0, 0.05) is 24.7 Å². The van der Waals surface area contributed by atoms with E-state index in [0.29, 0.717) is 6.07 Å². The number of rotatable bonds is 5. The molecule has 0 unspecified atom stereocenters. The van der Waals surface area contributed by atoms with Crippen LogP contribution in [0.4, 0.5) is 20.2 Å². The normalized spacial score (nSPS) is 15.1. The van der Waals surface area contributed by atoms with E-state index in [-0.39, 0.29) is 24.9 Å². The second-order valence-corrected chi connectivity index (χ2v) is 4.51. The van der Waals surface area contributed by atoms with Crippen LogP contribution in [0.25, 0.3) is 0 Å². The van der Waals surface area contributed by atoms with Crippen LogP contribution in [-0.4, -0.2) is 29.2 Å². The van der Waals surface area contributed by atoms with E-state index in [9.17, 15) is 18.9 Å². The van der Waals surface area contributed by atoms with Gasteiger partial charge in [-0.25, -0.2) is 4.39 Å². The molecule has 0 heterocycles. The van der Waals surface area contributed by atoms with Crippen molar-refractivity contribution < 1.29 is 18.8 Å². The number of nitro groups is 1. The summed E-state index contributed by atoms with van der Waals surface area (Å²) in [5.41, 5.74) is -0.831. The number of benzene rings is 1. The molecular formula is C12H14F2N2O3. The highest BCUT2D eigenvalue weighted by Crippen LogP contribution is 2.37. The Balaban J connectivity index is 2.47. The molecule has 1 fully saturated rings. The Kier molecular flexibility index (Phi) is 3.94. The Morgan fingerprint density at radius 2 is 2.11 bits per heavy atom. The largest absolute Gasteiger partial charge is 0.395 e. The van der Waals surface area contributed by atoms with Crippen LogP contribution in [0.2, 0.25) is 0 Å². The molecule has 0 saturated heterocycles. The molecule has 1 aliphatic rings. The minimum absolute atomic E-state index is 0.00736. The van der Waals surface area contributed by atoms with Crippen molar-refractivity contribution in [2.75, 3.05) is 18.1 Å². The molecule has 0 spiro atoms. The van der Waals surface area contributed by atoms with Gasteiger partial charge in [-0.15, -0.1) is 0 Å². The highest BCUT2D eigenvalue weighted by molar-refractivity contribution is 5.65. The molecule has 104 valence electrons. The van der Waals surface area contributed by atoms with Gasteiger partial charge in [-0.2, -0.15) is 4.39 Å². The lowest BCUT2D eigenvalue weighted by molar-refractivity contribution is -0.386. The van der Waals surface area contributed by atoms with Crippen LogP contribution in [0.3, 0.4) is 0 Å². The third-order valence-electron chi connectivity index (χ3n) is 3.36. The number of halogens is 2. The summed E-state index contributed by atoms with van der Waals surface area (Å²) in [6.45, 7) is -0.111. The summed E-state index contributed by atoms with van der Waals surface area (Å²) >= 11 is 0. The molecule has 0 aliphatic heterocycles. The van der Waals surface area contributed by atoms with Crippen LogP contribution in [0.15, 0.2) is 12.1 Å². The van der Waals surface area contributed by atoms with Crippen molar-refractivity contribution in [3.8, 4) is 0 Å². The summed E-state index contributed by atoms with van der Waals surface area (Å²) in [5, 5.41) is 20.0. The number of nitro benzene ring substituents is 1. The van der Waals surface area contributed by atoms with E-state index in [0.717, 1.165) is 25.3 Å². The lowest BCUT2D eigenvalue weighted by Gasteiger charge is -2.38. The summed E-state index contributed by atoms with van der Waals surface area (Å²) in [7, 11) is 0. The smallest absolute Gasteiger partial charge is 0.328 e. The third-order valence-corrected chi connectivity index (χ3v) is 3.36. The highest BCUT2D eigenvalue weighted by atomic mass is 19.1. The summed E-state index contributed by atoms with van der Waals surface area (Å²) in [6.07, 6.45) is 2.57. The van der Waals surface area contributed by atoms with Gasteiger partial charge in [0.25, 0.3) is 0 Å². The van der Waals surface area contributed by atoms with Gasteiger partial charge in [-0.05, 0) is 19.3 Å². The maximum atomic E-state index is 13.6. The first kappa shape index (κ1) is 13.7. The van der Waals surface area contributed by atoms with Crippen LogP contribution < -0.4 is 4.90 Å². The zero-order chi connectivity index (χ0) is 14.0. The minimum atomic E-state index is -1.19. The fourth-order valence-electron chi connectivity index (χ4n) is 2.26. The van der Waals surface area contributed by atoms with Gasteiger partial charge in [-0.3, -0.25) is 10.1 Å². The van der Waals surface area contributed by atoms with Gasteiger partial charge in [0.15, 0.2) is 0 Å². The molecule has 1 aromatic rings. The number of anilines is 1. The second-order valence-electron chi connectivity index (χ2n) is 4.51. The highest BCUT2D eigenvalue weighted by Gasteiger charge is 2.32. The average molecular weight is 272 g/mol. The van der Waals surface area contributed by atoms with Crippen LogP contribution in [0.5, 0.6) is 0 Å². The summed E-state index contributed by atoms with van der Waals surface area (Å²) in [4.78, 5) is 11.6. The molecule has 0 bridgehead atoms. The number of nitrogens with zero attached hydrogens (tertiary/aromatic N) is 2. The Morgan fingerprint density at radius 1 is 1.42 bits per heavy atom. The lowest BCUT2D eigenvalue weighted by atomic mass is 9.91. The molecule has 1 N–H and O–H groups in total. The molecule has 1 saturated carbocycles. The van der Waals surface area contributed by atoms with Crippen molar-refractivity contribution in [3.05, 3.63) is 33.9 Å². The molecule has 1 aromatic carbocycles. The SMILES string of the molecule is O=[N+]([O-])c1c(F)cc(F)cc1N(CCO)C1CCC1. The van der Waals surface area contributed by atoms with E-state index in [2.05, 4.69) is 0 Å². The van der Waals surface area contributed by atoms with Crippen molar-refractivity contribution >= 4 is 11.4 Å². The van der Waals surface area contributed by atoms with Crippen LogP contribution in [0.1, 0.15) is 19.3 Å². The molecule has 19 heavy (non-hydrogen) atoms. The fraction of sp³-hybridized carbons (Fsp3) is 0.500. The zero-order valence-corrected chi connectivity index (χ0v) is 10.2. The molecular weight excluding hydrogens is 258 g/mol. The van der Waals surface area contributed by atoms with Crippen LogP contribution in [-0.2, 0) is 0 Å². The predicted octanol–water partition coefficient (Wildman–Crippen LogP) is 2.22. The zero-order valence-electron chi connectivity index (χ0n) is 10.2. The van der Waals surface area contributed by atoms with Crippen LogP contribution in [0, 0.1) is 21.7 Å². The van der Waals surface area contributed by atoms with Crippen molar-refractivity contribution in [3.63, 3.8) is 0 Å². The Morgan fingerprint density at radius 3 is 2.58 bits per heavy atom. The van der Waals surface area contributed by atoms with Gasteiger partial charge in [0.2, 0.25) is 5.82 Å². The Bertz CT molecular complexity index is 492. The molecule has 7 heteroatoms. The maximum Gasteiger partial charge on any atom is 0.328 e. The quantitative estimate of drug-likeness (QED) is 0.659. The minimum Gasteiger partial charge on any atom is -0.395 e. The standard InChI is InChI=1S/C12H14F2N2O3/c13-8-6-10(14)12(16(18)19)11(7-8)15(4-5-17)9-2-1-3-9/h6-7,9,17H,1-5H2. The van der Waals surface area contributed by atoms with Crippen molar-refractivity contribution in [2.24, 2.45) is 0 Å². The van der Waals surface area contributed by atoms with Gasteiger partial charge in [-0.1, -0.05) is 0 Å². The average Bonchev–Trinajstić information content (AvgIpc) is 2.24. The third kappa shape index (κ3) is 2.65. The van der Waals surface area contributed by atoms with E-state index in [1.54, 1.807) is 0 Å². The molecule has 0 aromatic heterocycles. The van der Waals surface area contributed by atoms with Gasteiger partial charge >= 0.3 is 5.69 Å². The summed E-state index contributed by atoms with van der Waals surface area (Å²) < 4.78 is 26.9. The molecule has 1 aliphatic carbocycles. The van der Waals surface area contributed by atoms with E-state index in [1.165, 1.54) is 4.90 Å². The monoisotopic (exact) mass is 272 g/mol. The van der Waals surface area contributed by atoms with E-state index < -0.39 is 22.2 Å². The van der Waals surface area contributed by atoms with Crippen molar-refractivity contribution in [2.45, 2.75) is 25.3 Å². The first-order valence-electron chi connectivity index (χ1n) is 6.05. The molecule has 0 radical (unpaired) electrons. The number of hydrogen-bond acceptors (Lipinski definition) is 4. The van der Waals surface area contributed by atoms with Gasteiger partial charge in [0.1, 0.15) is 11.5 Å². The van der Waals surface area contributed by atoms with Gasteiger partial charge < -0.3 is 10.0 Å². The number of hydrogen-bond donors (Lipinski definition) is 1. The fourth-order valence-corrected chi connectivity index (χ4v) is 2.26. The van der Waals surface area contributed by atoms with Gasteiger partial charge in [0.05, 0.1) is 11.5 Å². The second kappa shape index (κ2) is 5.48. The Labute approximate surface area is 108 Å². The summed E-state index contributed by atoms with van der Waals surface area (Å²) in [5.74, 6) is -2.05. The lowest BCUT2D eigenvalue weighted by Crippen LogP contribution is -2.42. The number of aliphatic hydroxyl groups is 1. The van der Waals surface area contributed by atoms with Crippen molar-refractivity contribution in [1.29, 1.82) is 0 Å². The molecule has 0 amide bonds.